The van der Waals surface area contributed by atoms with E-state index in [0.29, 0.717) is 11.6 Å². The summed E-state index contributed by atoms with van der Waals surface area (Å²) in [5, 5.41) is 6.12. The van der Waals surface area contributed by atoms with Crippen molar-refractivity contribution in [2.75, 3.05) is 13.1 Å². The molecule has 0 unspecified atom stereocenters. The molecule has 0 saturated carbocycles. The third-order valence-electron chi connectivity index (χ3n) is 4.17. The van der Waals surface area contributed by atoms with Gasteiger partial charge in [-0.3, -0.25) is 9.59 Å². The minimum atomic E-state index is -0.293. The molecule has 1 amide bonds. The van der Waals surface area contributed by atoms with Crippen LogP contribution in [0.4, 0.5) is 0 Å². The van der Waals surface area contributed by atoms with Crippen molar-refractivity contribution in [3.8, 4) is 0 Å². The number of hydrogen-bond donors (Lipinski definition) is 1. The molecule has 0 atom stereocenters. The van der Waals surface area contributed by atoms with Gasteiger partial charge in [0, 0.05) is 19.2 Å². The summed E-state index contributed by atoms with van der Waals surface area (Å²) in [5.74, 6) is 0.518. The van der Waals surface area contributed by atoms with Gasteiger partial charge in [-0.25, -0.2) is 5.10 Å². The first-order chi connectivity index (χ1) is 10.7. The molecule has 1 saturated heterocycles. The molecule has 1 aromatic carbocycles. The molecular formula is C17H19N3O2. The predicted octanol–water partition coefficient (Wildman–Crippen LogP) is 1.86. The van der Waals surface area contributed by atoms with E-state index < -0.39 is 0 Å². The summed E-state index contributed by atoms with van der Waals surface area (Å²) in [7, 11) is 0. The van der Waals surface area contributed by atoms with Crippen molar-refractivity contribution in [2.45, 2.75) is 19.3 Å². The Labute approximate surface area is 129 Å². The molecule has 5 nitrogen and oxygen atoms in total. The first kappa shape index (κ1) is 14.5. The normalized spacial score (nSPS) is 15.7. The maximum absolute atomic E-state index is 12.3. The summed E-state index contributed by atoms with van der Waals surface area (Å²) < 4.78 is 0. The second-order valence-corrected chi connectivity index (χ2v) is 5.73. The fourth-order valence-corrected chi connectivity index (χ4v) is 2.91. The number of likely N-dealkylation sites (tertiary alicyclic amines) is 1. The molecular weight excluding hydrogens is 278 g/mol. The lowest BCUT2D eigenvalue weighted by Crippen LogP contribution is -2.39. The molecule has 0 aliphatic carbocycles. The number of H-pyrrole nitrogens is 1. The Hall–Kier alpha value is -2.43. The predicted molar refractivity (Wildman–Crippen MR) is 83.6 cm³/mol. The monoisotopic (exact) mass is 297 g/mol. The van der Waals surface area contributed by atoms with Gasteiger partial charge in [0.2, 0.25) is 0 Å². The number of carbonyl (C=O) groups is 1. The van der Waals surface area contributed by atoms with Crippen LogP contribution in [0, 0.1) is 5.92 Å². The third-order valence-corrected chi connectivity index (χ3v) is 4.17. The molecule has 0 bridgehead atoms. The molecule has 1 aliphatic rings. The van der Waals surface area contributed by atoms with Crippen LogP contribution in [0.5, 0.6) is 0 Å². The van der Waals surface area contributed by atoms with Gasteiger partial charge in [-0.15, -0.1) is 0 Å². The van der Waals surface area contributed by atoms with Crippen LogP contribution in [0.25, 0.3) is 0 Å². The van der Waals surface area contributed by atoms with Gasteiger partial charge in [-0.05, 0) is 36.8 Å². The van der Waals surface area contributed by atoms with Crippen LogP contribution in [-0.4, -0.2) is 34.1 Å². The van der Waals surface area contributed by atoms with Crippen molar-refractivity contribution in [3.05, 3.63) is 64.1 Å². The van der Waals surface area contributed by atoms with Crippen molar-refractivity contribution in [1.82, 2.24) is 15.1 Å². The lowest BCUT2D eigenvalue weighted by molar-refractivity contribution is 0.0683. The van der Waals surface area contributed by atoms with E-state index in [2.05, 4.69) is 34.5 Å². The second-order valence-electron chi connectivity index (χ2n) is 5.73. The lowest BCUT2D eigenvalue weighted by atomic mass is 9.90. The number of benzene rings is 1. The van der Waals surface area contributed by atoms with Crippen LogP contribution in [0.2, 0.25) is 0 Å². The van der Waals surface area contributed by atoms with Gasteiger partial charge in [-0.1, -0.05) is 30.3 Å². The molecule has 1 fully saturated rings. The van der Waals surface area contributed by atoms with Crippen LogP contribution < -0.4 is 5.56 Å². The maximum atomic E-state index is 12.3. The fourth-order valence-electron chi connectivity index (χ4n) is 2.91. The number of rotatable bonds is 3. The summed E-state index contributed by atoms with van der Waals surface area (Å²) in [6.45, 7) is 1.49. The van der Waals surface area contributed by atoms with Crippen molar-refractivity contribution in [2.24, 2.45) is 5.92 Å². The quantitative estimate of drug-likeness (QED) is 0.940. The molecule has 1 aromatic heterocycles. The Morgan fingerprint density at radius 1 is 1.14 bits per heavy atom. The number of nitrogens with one attached hydrogen (secondary N) is 1. The molecule has 1 aliphatic heterocycles. The maximum Gasteiger partial charge on any atom is 0.274 e. The Morgan fingerprint density at radius 2 is 1.86 bits per heavy atom. The number of amides is 1. The number of hydrogen-bond acceptors (Lipinski definition) is 3. The summed E-state index contributed by atoms with van der Waals surface area (Å²) >= 11 is 0. The smallest absolute Gasteiger partial charge is 0.274 e. The minimum Gasteiger partial charge on any atom is -0.337 e. The molecule has 2 heterocycles. The SMILES string of the molecule is O=C(c1ccc(=O)[nH]n1)N1CCC(Cc2ccccc2)CC1. The van der Waals surface area contributed by atoms with Crippen molar-refractivity contribution >= 4 is 5.91 Å². The van der Waals surface area contributed by atoms with Gasteiger partial charge in [0.25, 0.3) is 11.5 Å². The number of aromatic nitrogens is 2. The van der Waals surface area contributed by atoms with Gasteiger partial charge < -0.3 is 4.90 Å². The van der Waals surface area contributed by atoms with Gasteiger partial charge >= 0.3 is 0 Å². The van der Waals surface area contributed by atoms with E-state index in [0.717, 1.165) is 32.4 Å². The summed E-state index contributed by atoms with van der Waals surface area (Å²) in [6.07, 6.45) is 3.08. The molecule has 114 valence electrons. The standard InChI is InChI=1S/C17H19N3O2/c21-16-7-6-15(18-19-16)17(22)20-10-8-14(9-11-20)12-13-4-2-1-3-5-13/h1-7,14H,8-12H2,(H,19,21). The highest BCUT2D eigenvalue weighted by Crippen LogP contribution is 2.22. The third kappa shape index (κ3) is 3.42. The number of piperidine rings is 1. The first-order valence-electron chi connectivity index (χ1n) is 7.61. The van der Waals surface area contributed by atoms with Crippen molar-refractivity contribution in [1.29, 1.82) is 0 Å². The van der Waals surface area contributed by atoms with Gasteiger partial charge in [0.15, 0.2) is 0 Å². The van der Waals surface area contributed by atoms with E-state index in [9.17, 15) is 9.59 Å². The largest absolute Gasteiger partial charge is 0.337 e. The molecule has 2 aromatic rings. The second kappa shape index (κ2) is 6.56. The Balaban J connectivity index is 1.56. The van der Waals surface area contributed by atoms with Crippen LogP contribution in [0.15, 0.2) is 47.3 Å². The average molecular weight is 297 g/mol. The minimum absolute atomic E-state index is 0.102. The Morgan fingerprint density at radius 3 is 2.50 bits per heavy atom. The average Bonchev–Trinajstić information content (AvgIpc) is 2.57. The van der Waals surface area contributed by atoms with E-state index in [1.165, 1.54) is 17.7 Å². The first-order valence-corrected chi connectivity index (χ1v) is 7.61. The molecule has 3 rings (SSSR count). The van der Waals surface area contributed by atoms with E-state index in [-0.39, 0.29) is 11.5 Å². The van der Waals surface area contributed by atoms with Crippen LogP contribution >= 0.6 is 0 Å². The summed E-state index contributed by atoms with van der Waals surface area (Å²) in [5.41, 5.74) is 1.37. The summed E-state index contributed by atoms with van der Waals surface area (Å²) in [6, 6.07) is 13.3. The highest BCUT2D eigenvalue weighted by atomic mass is 16.2. The van der Waals surface area contributed by atoms with E-state index in [4.69, 9.17) is 0 Å². The lowest BCUT2D eigenvalue weighted by Gasteiger charge is -2.31. The van der Waals surface area contributed by atoms with Gasteiger partial charge in [-0.2, -0.15) is 5.10 Å². The van der Waals surface area contributed by atoms with Gasteiger partial charge in [0.05, 0.1) is 0 Å². The molecule has 1 N–H and O–H groups in total. The molecule has 5 heteroatoms. The number of aromatic amines is 1. The molecule has 0 spiro atoms. The van der Waals surface area contributed by atoms with E-state index in [1.807, 2.05) is 11.0 Å². The number of nitrogens with zero attached hydrogens (tertiary/aromatic N) is 2. The highest BCUT2D eigenvalue weighted by Gasteiger charge is 2.24. The highest BCUT2D eigenvalue weighted by molar-refractivity contribution is 5.92. The van der Waals surface area contributed by atoms with Crippen LogP contribution in [0.3, 0.4) is 0 Å². The fraction of sp³-hybridized carbons (Fsp3) is 0.353. The van der Waals surface area contributed by atoms with E-state index >= 15 is 0 Å². The zero-order valence-electron chi connectivity index (χ0n) is 12.4. The zero-order valence-corrected chi connectivity index (χ0v) is 12.4. The van der Waals surface area contributed by atoms with Crippen molar-refractivity contribution in [3.63, 3.8) is 0 Å². The van der Waals surface area contributed by atoms with E-state index in [1.54, 1.807) is 0 Å². The van der Waals surface area contributed by atoms with Crippen LogP contribution in [-0.2, 0) is 6.42 Å². The van der Waals surface area contributed by atoms with Crippen molar-refractivity contribution < 1.29 is 4.79 Å². The Kier molecular flexibility index (Phi) is 4.32. The molecule has 0 radical (unpaired) electrons. The Bertz CT molecular complexity index is 668. The zero-order chi connectivity index (χ0) is 15.4. The molecule has 22 heavy (non-hydrogen) atoms. The summed E-state index contributed by atoms with van der Waals surface area (Å²) in [4.78, 5) is 25.1. The topological polar surface area (TPSA) is 66.1 Å². The van der Waals surface area contributed by atoms with Gasteiger partial charge in [0.1, 0.15) is 5.69 Å². The van der Waals surface area contributed by atoms with Crippen LogP contribution in [0.1, 0.15) is 28.9 Å². The number of carbonyl (C=O) groups excluding carboxylic acids is 1.